The summed E-state index contributed by atoms with van der Waals surface area (Å²) in [5.74, 6) is -1.94. The van der Waals surface area contributed by atoms with Crippen LogP contribution in [0.4, 0.5) is 5.69 Å². The van der Waals surface area contributed by atoms with Crippen LogP contribution in [0.15, 0.2) is 24.3 Å². The van der Waals surface area contributed by atoms with Crippen LogP contribution in [0.3, 0.4) is 0 Å². The minimum Gasteiger partial charge on any atom is -0.324 e. The molecular weight excluding hydrogens is 470 g/mol. The molecule has 3 rings (SSSR count). The largest absolute Gasteiger partial charge is 0.324 e. The number of rotatable bonds is 5. The molecule has 0 saturated carbocycles. The lowest BCUT2D eigenvalue weighted by atomic mass is 10.0. The van der Waals surface area contributed by atoms with Gasteiger partial charge in [0.25, 0.3) is 11.8 Å². The van der Waals surface area contributed by atoms with E-state index in [4.69, 9.17) is 46.4 Å². The molecule has 0 radical (unpaired) electrons. The molecule has 158 valence electrons. The van der Waals surface area contributed by atoms with Gasteiger partial charge < -0.3 is 5.32 Å². The maximum Gasteiger partial charge on any atom is 0.263 e. The Hall–Kier alpha value is -1.79. The van der Waals surface area contributed by atoms with E-state index in [1.807, 2.05) is 26.8 Å². The van der Waals surface area contributed by atoms with Crippen molar-refractivity contribution in [2.75, 3.05) is 5.32 Å². The predicted molar refractivity (Wildman–Crippen MR) is 120 cm³/mol. The summed E-state index contributed by atoms with van der Waals surface area (Å²) in [6.07, 6.45) is 0.250. The topological polar surface area (TPSA) is 66.5 Å². The zero-order chi connectivity index (χ0) is 22.3. The zero-order valence-electron chi connectivity index (χ0n) is 16.4. The molecule has 0 fully saturated rings. The highest BCUT2D eigenvalue weighted by atomic mass is 35.5. The van der Waals surface area contributed by atoms with Crippen LogP contribution in [-0.2, 0) is 4.79 Å². The molecule has 0 spiro atoms. The third-order valence-corrected chi connectivity index (χ3v) is 6.53. The van der Waals surface area contributed by atoms with E-state index in [-0.39, 0.29) is 43.6 Å². The molecule has 30 heavy (non-hydrogen) atoms. The summed E-state index contributed by atoms with van der Waals surface area (Å²) in [5, 5.41) is 2.22. The van der Waals surface area contributed by atoms with Crippen LogP contribution in [0, 0.1) is 12.8 Å². The normalized spacial score (nSPS) is 14.3. The van der Waals surface area contributed by atoms with E-state index >= 15 is 0 Å². The first-order valence-corrected chi connectivity index (χ1v) is 10.7. The number of nitrogens with one attached hydrogen (secondary N) is 1. The Kier molecular flexibility index (Phi) is 6.68. The van der Waals surface area contributed by atoms with Gasteiger partial charge in [-0.2, -0.15) is 0 Å². The number of halogens is 4. The Labute approximate surface area is 194 Å². The number of carbonyl (C=O) groups is 3. The highest BCUT2D eigenvalue weighted by molar-refractivity contribution is 6.55. The fourth-order valence-electron chi connectivity index (χ4n) is 3.37. The smallest absolute Gasteiger partial charge is 0.263 e. The van der Waals surface area contributed by atoms with Crippen molar-refractivity contribution < 1.29 is 14.4 Å². The summed E-state index contributed by atoms with van der Waals surface area (Å²) >= 11 is 24.5. The van der Waals surface area contributed by atoms with Crippen LogP contribution >= 0.6 is 46.4 Å². The average molecular weight is 488 g/mol. The molecule has 2 aromatic rings. The van der Waals surface area contributed by atoms with Crippen LogP contribution in [0.1, 0.15) is 46.5 Å². The van der Waals surface area contributed by atoms with Crippen LogP contribution in [0.5, 0.6) is 0 Å². The molecule has 1 N–H and O–H groups in total. The SMILES string of the molecule is Cc1cccc(NC(=O)[C@@H](CC(C)C)N2C(=O)c3c(Cl)c(Cl)c(Cl)c(Cl)c3C2=O)c1. The van der Waals surface area contributed by atoms with Crippen LogP contribution in [-0.4, -0.2) is 28.7 Å². The standard InChI is InChI=1S/C21H18Cl4N2O3/c1-9(2)7-12(19(28)26-11-6-4-5-10(3)8-11)27-20(29)13-14(21(27)30)16(23)18(25)17(24)15(13)22/h4-6,8-9,12H,7H2,1-3H3,(H,26,28)/t12-/m1/s1. The Morgan fingerprint density at radius 1 is 0.967 bits per heavy atom. The lowest BCUT2D eigenvalue weighted by Gasteiger charge is -2.26. The Morgan fingerprint density at radius 2 is 1.50 bits per heavy atom. The third kappa shape index (κ3) is 4.04. The fourth-order valence-corrected chi connectivity index (χ4v) is 4.39. The number of hydrogen-bond donors (Lipinski definition) is 1. The summed E-state index contributed by atoms with van der Waals surface area (Å²) in [7, 11) is 0. The molecule has 0 saturated heterocycles. The van der Waals surface area contributed by atoms with Crippen LogP contribution in [0.2, 0.25) is 20.1 Å². The molecular formula is C21H18Cl4N2O3. The Morgan fingerprint density at radius 3 is 1.97 bits per heavy atom. The summed E-state index contributed by atoms with van der Waals surface area (Å²) < 4.78 is 0. The number of hydrogen-bond acceptors (Lipinski definition) is 3. The molecule has 0 bridgehead atoms. The number of fused-ring (bicyclic) bond motifs is 1. The number of benzene rings is 2. The predicted octanol–water partition coefficient (Wildman–Crippen LogP) is 6.26. The minimum atomic E-state index is -1.07. The first kappa shape index (κ1) is 22.9. The van der Waals surface area contributed by atoms with Gasteiger partial charge in [0, 0.05) is 5.69 Å². The van der Waals surface area contributed by atoms with Crippen molar-refractivity contribution in [3.8, 4) is 0 Å². The van der Waals surface area contributed by atoms with E-state index in [0.29, 0.717) is 5.69 Å². The monoisotopic (exact) mass is 486 g/mol. The van der Waals surface area contributed by atoms with E-state index in [9.17, 15) is 14.4 Å². The van der Waals surface area contributed by atoms with Gasteiger partial charge in [-0.15, -0.1) is 0 Å². The first-order valence-electron chi connectivity index (χ1n) is 9.15. The van der Waals surface area contributed by atoms with Crippen molar-refractivity contribution in [3.63, 3.8) is 0 Å². The molecule has 3 amide bonds. The van der Waals surface area contributed by atoms with Gasteiger partial charge in [-0.05, 0) is 37.0 Å². The van der Waals surface area contributed by atoms with Crippen molar-refractivity contribution in [2.45, 2.75) is 33.2 Å². The van der Waals surface area contributed by atoms with Gasteiger partial charge >= 0.3 is 0 Å². The lowest BCUT2D eigenvalue weighted by molar-refractivity contribution is -0.120. The first-order chi connectivity index (χ1) is 14.0. The highest BCUT2D eigenvalue weighted by Gasteiger charge is 2.46. The van der Waals surface area contributed by atoms with Gasteiger partial charge in [0.05, 0.1) is 31.2 Å². The maximum absolute atomic E-state index is 13.2. The molecule has 5 nitrogen and oxygen atoms in total. The van der Waals surface area contributed by atoms with Crippen LogP contribution in [0.25, 0.3) is 0 Å². The van der Waals surface area contributed by atoms with Gasteiger partial charge in [0.15, 0.2) is 0 Å². The van der Waals surface area contributed by atoms with Crippen molar-refractivity contribution in [1.29, 1.82) is 0 Å². The number of aryl methyl sites for hydroxylation is 1. The zero-order valence-corrected chi connectivity index (χ0v) is 19.4. The molecule has 2 aromatic carbocycles. The molecule has 0 aliphatic carbocycles. The summed E-state index contributed by atoms with van der Waals surface area (Å²) in [6, 6.07) is 6.15. The molecule has 1 aliphatic rings. The second-order valence-electron chi connectivity index (χ2n) is 7.49. The van der Waals surface area contributed by atoms with Gasteiger partial charge in [0.1, 0.15) is 6.04 Å². The second kappa shape index (κ2) is 8.75. The Bertz CT molecular complexity index is 1020. The molecule has 1 aliphatic heterocycles. The van der Waals surface area contributed by atoms with E-state index in [1.54, 1.807) is 18.2 Å². The van der Waals surface area contributed by atoms with E-state index in [0.717, 1.165) is 10.5 Å². The third-order valence-electron chi connectivity index (χ3n) is 4.73. The van der Waals surface area contributed by atoms with Crippen LogP contribution < -0.4 is 5.32 Å². The van der Waals surface area contributed by atoms with Crippen molar-refractivity contribution >= 4 is 69.8 Å². The Balaban J connectivity index is 2.03. The fraction of sp³-hybridized carbons (Fsp3) is 0.286. The molecule has 1 heterocycles. The quantitative estimate of drug-likeness (QED) is 0.307. The molecule has 9 heteroatoms. The van der Waals surface area contributed by atoms with Gasteiger partial charge in [-0.25, -0.2) is 0 Å². The van der Waals surface area contributed by atoms with E-state index in [2.05, 4.69) is 5.32 Å². The number of amides is 3. The average Bonchev–Trinajstić information content (AvgIpc) is 2.93. The van der Waals surface area contributed by atoms with Crippen molar-refractivity contribution in [3.05, 3.63) is 61.0 Å². The van der Waals surface area contributed by atoms with E-state index in [1.165, 1.54) is 0 Å². The molecule has 0 unspecified atom stereocenters. The lowest BCUT2D eigenvalue weighted by Crippen LogP contribution is -2.48. The summed E-state index contributed by atoms with van der Waals surface area (Å²) in [6.45, 7) is 5.67. The van der Waals surface area contributed by atoms with Crippen molar-refractivity contribution in [1.82, 2.24) is 4.90 Å². The highest BCUT2D eigenvalue weighted by Crippen LogP contribution is 2.45. The molecule has 0 aromatic heterocycles. The number of anilines is 1. The summed E-state index contributed by atoms with van der Waals surface area (Å²) in [5.41, 5.74) is 1.24. The number of carbonyl (C=O) groups excluding carboxylic acids is 3. The number of nitrogens with zero attached hydrogens (tertiary/aromatic N) is 1. The van der Waals surface area contributed by atoms with E-state index < -0.39 is 23.8 Å². The maximum atomic E-state index is 13.2. The molecule has 1 atom stereocenters. The number of imide groups is 1. The van der Waals surface area contributed by atoms with Gasteiger partial charge in [0.2, 0.25) is 5.91 Å². The van der Waals surface area contributed by atoms with Gasteiger partial charge in [-0.3, -0.25) is 19.3 Å². The van der Waals surface area contributed by atoms with Crippen molar-refractivity contribution in [2.24, 2.45) is 5.92 Å². The van der Waals surface area contributed by atoms with Gasteiger partial charge in [-0.1, -0.05) is 72.4 Å². The second-order valence-corrected chi connectivity index (χ2v) is 9.00. The minimum absolute atomic E-state index is 0.0145. The summed E-state index contributed by atoms with van der Waals surface area (Å²) in [4.78, 5) is 40.3.